The molecule has 2 aliphatic heterocycles. The Labute approximate surface area is 422 Å². The van der Waals surface area contributed by atoms with Gasteiger partial charge in [0.1, 0.15) is 23.5 Å². The number of aromatic nitrogens is 9. The number of piperidine rings is 2. The number of imidazole rings is 1. The van der Waals surface area contributed by atoms with E-state index in [0.29, 0.717) is 53.6 Å². The predicted molar refractivity (Wildman–Crippen MR) is 276 cm³/mol. The minimum Gasteiger partial charge on any atom is -0.489 e. The van der Waals surface area contributed by atoms with Crippen molar-refractivity contribution >= 4 is 46.7 Å². The van der Waals surface area contributed by atoms with Crippen LogP contribution in [0.3, 0.4) is 0 Å². The number of benzene rings is 2. The van der Waals surface area contributed by atoms with E-state index in [-0.39, 0.29) is 35.7 Å². The van der Waals surface area contributed by atoms with Crippen molar-refractivity contribution in [2.24, 2.45) is 17.8 Å². The van der Waals surface area contributed by atoms with Gasteiger partial charge in [0.05, 0.1) is 17.6 Å². The van der Waals surface area contributed by atoms with Crippen LogP contribution in [0.4, 0.5) is 11.9 Å². The number of pyridine rings is 3. The van der Waals surface area contributed by atoms with E-state index in [0.717, 1.165) is 117 Å². The Bertz CT molecular complexity index is 3250. The molecule has 0 radical (unpaired) electrons. The van der Waals surface area contributed by atoms with Crippen LogP contribution in [-0.2, 0) is 16.1 Å². The molecular weight excluding hydrogens is 921 g/mol. The van der Waals surface area contributed by atoms with E-state index < -0.39 is 0 Å². The maximum Gasteiger partial charge on any atom is 0.253 e. The zero-order chi connectivity index (χ0) is 49.8. The molecule has 0 bridgehead atoms. The lowest BCUT2D eigenvalue weighted by molar-refractivity contribution is -0.118. The van der Waals surface area contributed by atoms with Crippen molar-refractivity contribution in [2.45, 2.75) is 77.4 Å². The summed E-state index contributed by atoms with van der Waals surface area (Å²) >= 11 is 0. The molecule has 372 valence electrons. The summed E-state index contributed by atoms with van der Waals surface area (Å²) in [6.45, 7) is 6.21. The molecule has 4 fully saturated rings. The molecule has 4 aliphatic rings. The van der Waals surface area contributed by atoms with Crippen LogP contribution in [0.25, 0.3) is 33.8 Å². The molecule has 3 amide bonds. The standard InChI is InChI=1S/C28H32N8O.C27H26N6O3/c1-19-30-14-18-34(19)15-11-20-12-16-35(17-13-20)26(29)22-7-5-21(6-8-22)24-3-2-4-25-31-28(33-36(24)25)32-27(37)23-9-10-23;34-25(19-8-9-19)30-27-29-24-5-1-4-23(33(24)31-27)18-6-10-20(11-7-18)26(35)32-15-12-21(13-16-32)36-22-3-2-14-28-17-22/h2-8,14,18,20,23,29H,9-13,15-17H2,1H3,(H,32,33,37);1-7,10-11,14,17,19,21H,8-9,12-13,15-16H2,(H,30,31,34). The molecule has 12 rings (SSSR count). The number of hydrogen-bond donors (Lipinski definition) is 3. The number of carbonyl (C=O) groups is 3. The van der Waals surface area contributed by atoms with E-state index in [4.69, 9.17) is 10.1 Å². The smallest absolute Gasteiger partial charge is 0.253 e. The van der Waals surface area contributed by atoms with Gasteiger partial charge in [0.15, 0.2) is 11.3 Å². The number of ether oxygens (including phenoxy) is 1. The molecule has 6 aromatic heterocycles. The molecule has 73 heavy (non-hydrogen) atoms. The van der Waals surface area contributed by atoms with Crippen molar-refractivity contribution in [3.8, 4) is 28.3 Å². The lowest BCUT2D eigenvalue weighted by Crippen LogP contribution is -2.41. The molecule has 0 atom stereocenters. The quantitative estimate of drug-likeness (QED) is 0.0742. The predicted octanol–water partition coefficient (Wildman–Crippen LogP) is 8.20. The van der Waals surface area contributed by atoms with E-state index in [9.17, 15) is 14.4 Å². The highest BCUT2D eigenvalue weighted by Gasteiger charge is 2.32. The number of carbonyl (C=O) groups excluding carboxylic acids is 3. The van der Waals surface area contributed by atoms with Gasteiger partial charge < -0.3 is 19.1 Å². The summed E-state index contributed by atoms with van der Waals surface area (Å²) in [4.78, 5) is 58.7. The molecule has 18 heteroatoms. The van der Waals surface area contributed by atoms with Crippen molar-refractivity contribution in [3.63, 3.8) is 0 Å². The molecule has 2 saturated carbocycles. The molecule has 18 nitrogen and oxygen atoms in total. The Hall–Kier alpha value is -8.28. The summed E-state index contributed by atoms with van der Waals surface area (Å²) < 4.78 is 11.7. The highest BCUT2D eigenvalue weighted by atomic mass is 16.5. The first-order valence-electron chi connectivity index (χ1n) is 25.4. The fourth-order valence-electron chi connectivity index (χ4n) is 9.61. The van der Waals surface area contributed by atoms with Crippen molar-refractivity contribution in [1.29, 1.82) is 5.41 Å². The number of amides is 3. The summed E-state index contributed by atoms with van der Waals surface area (Å²) in [6, 6.07) is 30.9. The van der Waals surface area contributed by atoms with Crippen molar-refractivity contribution in [1.82, 2.24) is 53.5 Å². The number of nitrogens with zero attached hydrogens (tertiary/aromatic N) is 11. The van der Waals surface area contributed by atoms with Gasteiger partial charge >= 0.3 is 0 Å². The third-order valence-corrected chi connectivity index (χ3v) is 14.3. The lowest BCUT2D eigenvalue weighted by Gasteiger charge is -2.34. The highest BCUT2D eigenvalue weighted by Crippen LogP contribution is 2.32. The maximum absolute atomic E-state index is 13.1. The molecule has 2 aromatic carbocycles. The van der Waals surface area contributed by atoms with Gasteiger partial charge in [-0.3, -0.25) is 35.4 Å². The van der Waals surface area contributed by atoms with Crippen molar-refractivity contribution < 1.29 is 19.1 Å². The molecule has 0 unspecified atom stereocenters. The zero-order valence-corrected chi connectivity index (χ0v) is 40.8. The zero-order valence-electron chi connectivity index (χ0n) is 40.8. The summed E-state index contributed by atoms with van der Waals surface area (Å²) in [5.41, 5.74) is 6.52. The van der Waals surface area contributed by atoms with E-state index in [2.05, 4.69) is 56.4 Å². The van der Waals surface area contributed by atoms with Gasteiger partial charge in [-0.15, -0.1) is 10.2 Å². The van der Waals surface area contributed by atoms with E-state index in [1.54, 1.807) is 21.4 Å². The maximum atomic E-state index is 13.1. The minimum absolute atomic E-state index is 0.00217. The van der Waals surface area contributed by atoms with Gasteiger partial charge in [-0.2, -0.15) is 9.97 Å². The van der Waals surface area contributed by atoms with Gasteiger partial charge in [-0.1, -0.05) is 48.5 Å². The van der Waals surface area contributed by atoms with Crippen LogP contribution in [-0.4, -0.2) is 109 Å². The van der Waals surface area contributed by atoms with Crippen LogP contribution < -0.4 is 15.4 Å². The minimum atomic E-state index is -0.0250. The first-order valence-corrected chi connectivity index (χ1v) is 25.4. The molecule has 8 aromatic rings. The molecule has 0 spiro atoms. The number of rotatable bonds is 13. The average Bonchev–Trinajstić information content (AvgIpc) is 4.35. The van der Waals surface area contributed by atoms with Gasteiger partial charge in [0, 0.05) is 98.2 Å². The number of anilines is 2. The Balaban J connectivity index is 0.000000157. The highest BCUT2D eigenvalue weighted by molar-refractivity contribution is 5.97. The van der Waals surface area contributed by atoms with Gasteiger partial charge in [-0.05, 0) is 106 Å². The van der Waals surface area contributed by atoms with Crippen LogP contribution in [0.2, 0.25) is 0 Å². The second-order valence-electron chi connectivity index (χ2n) is 19.4. The number of likely N-dealkylation sites (tertiary alicyclic amines) is 2. The topological polar surface area (TPSA) is 206 Å². The summed E-state index contributed by atoms with van der Waals surface area (Å²) in [5.74, 6) is 3.93. The van der Waals surface area contributed by atoms with Crippen LogP contribution in [0.5, 0.6) is 5.75 Å². The fourth-order valence-corrected chi connectivity index (χ4v) is 9.61. The second-order valence-corrected chi connectivity index (χ2v) is 19.4. The first kappa shape index (κ1) is 47.1. The second kappa shape index (κ2) is 20.8. The largest absolute Gasteiger partial charge is 0.489 e. The Morgan fingerprint density at radius 3 is 1.73 bits per heavy atom. The monoisotopic (exact) mass is 978 g/mol. The van der Waals surface area contributed by atoms with E-state index in [1.165, 1.54) is 0 Å². The first-order chi connectivity index (χ1) is 35.7. The number of hydrogen-bond acceptors (Lipinski definition) is 11. The molecular formula is C55H58N14O4. The van der Waals surface area contributed by atoms with Gasteiger partial charge in [-0.25, -0.2) is 14.0 Å². The Morgan fingerprint density at radius 1 is 0.644 bits per heavy atom. The van der Waals surface area contributed by atoms with Crippen LogP contribution in [0, 0.1) is 30.1 Å². The van der Waals surface area contributed by atoms with Crippen LogP contribution in [0.1, 0.15) is 79.5 Å². The Morgan fingerprint density at radius 2 is 1.21 bits per heavy atom. The SMILES string of the molecule is Cc1nccn1CCC1CCN(C(=N)c2ccc(-c3cccc4nc(NC(=O)C5CC5)nn34)cc2)CC1.O=C(Nc1nc2cccc(-c3ccc(C(=O)N4CCC(Oc5cccnc5)CC4)cc3)n2n1)C1CC1. The number of aryl methyl sites for hydroxylation is 2. The average molecular weight is 979 g/mol. The normalized spacial score (nSPS) is 16.2. The summed E-state index contributed by atoms with van der Waals surface area (Å²) in [6.07, 6.45) is 16.1. The third kappa shape index (κ3) is 11.0. The fraction of sp³-hybridized carbons (Fsp3) is 0.345. The molecule has 8 heterocycles. The van der Waals surface area contributed by atoms with Gasteiger partial charge in [0.2, 0.25) is 23.7 Å². The molecule has 2 aliphatic carbocycles. The number of amidine groups is 1. The summed E-state index contributed by atoms with van der Waals surface area (Å²) in [5, 5.41) is 23.5. The molecule has 3 N–H and O–H groups in total. The van der Waals surface area contributed by atoms with Gasteiger partial charge in [0.25, 0.3) is 5.91 Å². The van der Waals surface area contributed by atoms with Crippen LogP contribution in [0.15, 0.2) is 122 Å². The van der Waals surface area contributed by atoms with Crippen molar-refractivity contribution in [2.75, 3.05) is 36.8 Å². The van der Waals surface area contributed by atoms with E-state index in [1.807, 2.05) is 115 Å². The summed E-state index contributed by atoms with van der Waals surface area (Å²) in [7, 11) is 0. The number of nitrogens with one attached hydrogen (secondary N) is 3. The Kier molecular flexibility index (Phi) is 13.4. The number of fused-ring (bicyclic) bond motifs is 2. The van der Waals surface area contributed by atoms with Crippen molar-refractivity contribution in [3.05, 3.63) is 139 Å². The van der Waals surface area contributed by atoms with E-state index >= 15 is 0 Å². The molecule has 2 saturated heterocycles. The van der Waals surface area contributed by atoms with Crippen LogP contribution >= 0.6 is 0 Å². The lowest BCUT2D eigenvalue weighted by atomic mass is 9.93. The third-order valence-electron chi connectivity index (χ3n) is 14.3.